The van der Waals surface area contributed by atoms with Gasteiger partial charge in [-0.3, -0.25) is 9.69 Å². The summed E-state index contributed by atoms with van der Waals surface area (Å²) >= 11 is 10.4. The third-order valence-corrected chi connectivity index (χ3v) is 8.53. The highest BCUT2D eigenvalue weighted by atomic mass is 35.5. The number of halogens is 5. The average molecular weight is 587 g/mol. The molecule has 36 heavy (non-hydrogen) atoms. The number of nitrogens with one attached hydrogen (secondary N) is 2. The Bertz CT molecular complexity index is 1240. The molecular formula is C21H23Cl2F3N4O4S2. The molecule has 1 saturated heterocycles. The van der Waals surface area contributed by atoms with Crippen molar-refractivity contribution in [3.8, 4) is 0 Å². The summed E-state index contributed by atoms with van der Waals surface area (Å²) < 4.78 is 79.8. The SMILES string of the molecule is CCS(=O)(=O)c1ccc(Cl)cc1CNC(=O)c1cc(Cl)c(CN2CC(N[S+](N)[O-])C2)c(C(F)(F)F)c1. The van der Waals surface area contributed by atoms with Gasteiger partial charge in [0.15, 0.2) is 9.84 Å². The zero-order chi connectivity index (χ0) is 26.8. The van der Waals surface area contributed by atoms with Crippen molar-refractivity contribution in [2.45, 2.75) is 37.1 Å². The molecule has 1 fully saturated rings. The molecule has 15 heteroatoms. The Balaban J connectivity index is 1.81. The van der Waals surface area contributed by atoms with Crippen molar-refractivity contribution >= 4 is 50.5 Å². The molecule has 1 aliphatic heterocycles. The third kappa shape index (κ3) is 7.04. The van der Waals surface area contributed by atoms with Crippen LogP contribution in [-0.4, -0.2) is 48.7 Å². The lowest BCUT2D eigenvalue weighted by atomic mass is 10.00. The molecule has 0 bridgehead atoms. The largest absolute Gasteiger partial charge is 0.579 e. The van der Waals surface area contributed by atoms with Crippen LogP contribution in [0.3, 0.4) is 0 Å². The Kier molecular flexibility index (Phi) is 9.21. The molecule has 8 nitrogen and oxygen atoms in total. The van der Waals surface area contributed by atoms with Crippen molar-refractivity contribution < 1.29 is 30.9 Å². The van der Waals surface area contributed by atoms with E-state index in [1.54, 1.807) is 4.90 Å². The summed E-state index contributed by atoms with van der Waals surface area (Å²) in [4.78, 5) is 14.4. The van der Waals surface area contributed by atoms with Crippen LogP contribution in [0.15, 0.2) is 35.2 Å². The van der Waals surface area contributed by atoms with E-state index >= 15 is 0 Å². The van der Waals surface area contributed by atoms with E-state index < -0.39 is 39.0 Å². The van der Waals surface area contributed by atoms with Gasteiger partial charge in [-0.2, -0.15) is 13.2 Å². The second-order valence-corrected chi connectivity index (χ2v) is 12.0. The van der Waals surface area contributed by atoms with E-state index in [9.17, 15) is 30.9 Å². The van der Waals surface area contributed by atoms with E-state index in [2.05, 4.69) is 10.0 Å². The molecule has 198 valence electrons. The summed E-state index contributed by atoms with van der Waals surface area (Å²) in [6, 6.07) is 5.71. The zero-order valence-electron chi connectivity index (χ0n) is 18.9. The summed E-state index contributed by atoms with van der Waals surface area (Å²) in [5.41, 5.74) is -1.38. The van der Waals surface area contributed by atoms with Gasteiger partial charge in [0, 0.05) is 41.8 Å². The Morgan fingerprint density at radius 2 is 1.92 bits per heavy atom. The van der Waals surface area contributed by atoms with Crippen molar-refractivity contribution in [3.05, 3.63) is 62.6 Å². The Morgan fingerprint density at radius 3 is 2.50 bits per heavy atom. The van der Waals surface area contributed by atoms with Gasteiger partial charge in [0.05, 0.1) is 22.3 Å². The Morgan fingerprint density at radius 1 is 1.25 bits per heavy atom. The number of likely N-dealkylation sites (tertiary alicyclic amines) is 1. The number of amides is 1. The topological polar surface area (TPSA) is 128 Å². The highest BCUT2D eigenvalue weighted by molar-refractivity contribution is 7.91. The second-order valence-electron chi connectivity index (χ2n) is 8.13. The molecular weight excluding hydrogens is 564 g/mol. The van der Waals surface area contributed by atoms with Crippen molar-refractivity contribution in [3.63, 3.8) is 0 Å². The second kappa shape index (κ2) is 11.4. The van der Waals surface area contributed by atoms with Gasteiger partial charge in [0.1, 0.15) is 11.5 Å². The number of carbonyl (C=O) groups is 1. The van der Waals surface area contributed by atoms with Gasteiger partial charge in [0.2, 0.25) is 0 Å². The normalized spacial score (nSPS) is 16.0. The molecule has 3 rings (SSSR count). The molecule has 0 saturated carbocycles. The number of nitrogens with zero attached hydrogens (tertiary/aromatic N) is 1. The fourth-order valence-corrected chi connectivity index (χ4v) is 5.83. The molecule has 1 aliphatic rings. The van der Waals surface area contributed by atoms with E-state index in [4.69, 9.17) is 28.3 Å². The minimum Gasteiger partial charge on any atom is -0.579 e. The monoisotopic (exact) mass is 586 g/mol. The lowest BCUT2D eigenvalue weighted by Gasteiger charge is -2.38. The quantitative estimate of drug-likeness (QED) is 0.385. The predicted octanol–water partition coefficient (Wildman–Crippen LogP) is 3.05. The molecule has 1 heterocycles. The molecule has 0 radical (unpaired) electrons. The van der Waals surface area contributed by atoms with E-state index in [1.165, 1.54) is 25.1 Å². The highest BCUT2D eigenvalue weighted by Gasteiger charge is 2.38. The molecule has 1 atom stereocenters. The van der Waals surface area contributed by atoms with Crippen LogP contribution in [0.25, 0.3) is 0 Å². The molecule has 2 aromatic rings. The first-order valence-electron chi connectivity index (χ1n) is 10.5. The van der Waals surface area contributed by atoms with Crippen molar-refractivity contribution in [1.82, 2.24) is 14.9 Å². The van der Waals surface area contributed by atoms with Crippen LogP contribution >= 0.6 is 23.2 Å². The first kappa shape index (κ1) is 29.0. The van der Waals surface area contributed by atoms with Gasteiger partial charge < -0.3 is 9.87 Å². The summed E-state index contributed by atoms with van der Waals surface area (Å²) in [5.74, 6) is -1.05. The summed E-state index contributed by atoms with van der Waals surface area (Å²) in [6.45, 7) is 1.69. The van der Waals surface area contributed by atoms with E-state index in [1.807, 2.05) is 0 Å². The van der Waals surface area contributed by atoms with Crippen molar-refractivity contribution in [1.29, 1.82) is 0 Å². The van der Waals surface area contributed by atoms with Crippen LogP contribution in [-0.2, 0) is 40.7 Å². The van der Waals surface area contributed by atoms with Crippen LogP contribution in [0, 0.1) is 0 Å². The van der Waals surface area contributed by atoms with Crippen molar-refractivity contribution in [2.75, 3.05) is 18.8 Å². The zero-order valence-corrected chi connectivity index (χ0v) is 22.0. The fraction of sp³-hybridized carbons (Fsp3) is 0.381. The van der Waals surface area contributed by atoms with Gasteiger partial charge in [-0.15, -0.1) is 9.86 Å². The Labute approximate surface area is 219 Å². The molecule has 0 aromatic heterocycles. The minimum absolute atomic E-state index is 0.0279. The summed E-state index contributed by atoms with van der Waals surface area (Å²) in [6.07, 6.45) is -4.79. The summed E-state index contributed by atoms with van der Waals surface area (Å²) in [7, 11) is -3.63. The van der Waals surface area contributed by atoms with Crippen LogP contribution in [0.5, 0.6) is 0 Å². The average Bonchev–Trinajstić information content (AvgIpc) is 2.75. The van der Waals surface area contributed by atoms with Crippen LogP contribution in [0.1, 0.15) is 34.0 Å². The maximum absolute atomic E-state index is 13.9. The van der Waals surface area contributed by atoms with Gasteiger partial charge in [0.25, 0.3) is 5.91 Å². The van der Waals surface area contributed by atoms with Gasteiger partial charge >= 0.3 is 6.18 Å². The molecule has 0 aliphatic carbocycles. The van der Waals surface area contributed by atoms with E-state index in [-0.39, 0.29) is 56.5 Å². The van der Waals surface area contributed by atoms with Gasteiger partial charge in [-0.05, 0) is 41.5 Å². The molecule has 4 N–H and O–H groups in total. The first-order chi connectivity index (χ1) is 16.7. The molecule has 1 amide bonds. The van der Waals surface area contributed by atoms with Crippen LogP contribution in [0.4, 0.5) is 13.2 Å². The third-order valence-electron chi connectivity index (χ3n) is 5.56. The first-order valence-corrected chi connectivity index (χ1v) is 14.2. The number of benzene rings is 2. The molecule has 0 spiro atoms. The van der Waals surface area contributed by atoms with Gasteiger partial charge in [-0.25, -0.2) is 8.42 Å². The number of carbonyl (C=O) groups excluding carboxylic acids is 1. The summed E-state index contributed by atoms with van der Waals surface area (Å²) in [5, 5.41) is 7.59. The van der Waals surface area contributed by atoms with Crippen molar-refractivity contribution in [2.24, 2.45) is 5.14 Å². The smallest absolute Gasteiger partial charge is 0.416 e. The maximum atomic E-state index is 13.9. The minimum atomic E-state index is -4.79. The Hall–Kier alpha value is -1.58. The lowest BCUT2D eigenvalue weighted by molar-refractivity contribution is -0.138. The molecule has 2 aromatic carbocycles. The number of hydrogen-bond donors (Lipinski definition) is 3. The maximum Gasteiger partial charge on any atom is 0.416 e. The number of nitrogens with two attached hydrogens (primary N) is 1. The van der Waals surface area contributed by atoms with E-state index in [0.29, 0.717) is 19.2 Å². The molecule has 1 unspecified atom stereocenters. The standard InChI is InChI=1S/C21H23Cl2F3N4O4S2/c1-2-36(33,34)19-4-3-14(22)5-13(19)8-28-20(31)12-6-17(21(24,25)26)16(18(23)7-12)11-30-9-15(10-30)29-35(27)32/h3-7,15,29H,2,8-11,27H2,1H3,(H,28,31). The fourth-order valence-electron chi connectivity index (χ4n) is 3.77. The number of hydrogen-bond acceptors (Lipinski definition) is 7. The predicted molar refractivity (Wildman–Crippen MR) is 131 cm³/mol. The van der Waals surface area contributed by atoms with E-state index in [0.717, 1.165) is 6.07 Å². The van der Waals surface area contributed by atoms with Crippen LogP contribution < -0.4 is 15.2 Å². The number of alkyl halides is 3. The number of rotatable bonds is 9. The number of sulfone groups is 1. The lowest BCUT2D eigenvalue weighted by Crippen LogP contribution is -2.59. The van der Waals surface area contributed by atoms with Crippen LogP contribution in [0.2, 0.25) is 10.0 Å². The van der Waals surface area contributed by atoms with Gasteiger partial charge in [-0.1, -0.05) is 30.1 Å². The highest BCUT2D eigenvalue weighted by Crippen LogP contribution is 2.37.